The van der Waals surface area contributed by atoms with Crippen LogP contribution in [0.4, 0.5) is 0 Å². The quantitative estimate of drug-likeness (QED) is 0.878. The third-order valence-corrected chi connectivity index (χ3v) is 6.06. The van der Waals surface area contributed by atoms with Crippen LogP contribution in [0.15, 0.2) is 24.3 Å². The van der Waals surface area contributed by atoms with E-state index in [1.807, 2.05) is 24.3 Å². The summed E-state index contributed by atoms with van der Waals surface area (Å²) in [6.07, 6.45) is 3.46. The molecule has 19 heavy (non-hydrogen) atoms. The largest absolute Gasteiger partial charge is 0.496 e. The van der Waals surface area contributed by atoms with Crippen LogP contribution in [0.1, 0.15) is 45.6 Å². The molecule has 2 fully saturated rings. The molecule has 0 aliphatic heterocycles. The van der Waals surface area contributed by atoms with E-state index in [1.54, 1.807) is 7.11 Å². The van der Waals surface area contributed by atoms with Crippen LogP contribution in [0.3, 0.4) is 0 Å². The van der Waals surface area contributed by atoms with Crippen molar-refractivity contribution in [2.75, 3.05) is 7.11 Å². The highest BCUT2D eigenvalue weighted by Gasteiger charge is 2.69. The molecule has 0 radical (unpaired) electrons. The first-order valence-corrected chi connectivity index (χ1v) is 7.23. The second-order valence-corrected chi connectivity index (χ2v) is 7.13. The maximum atomic E-state index is 11.7. The number of aliphatic hydroxyl groups is 1. The van der Waals surface area contributed by atoms with Crippen molar-refractivity contribution in [1.29, 1.82) is 0 Å². The van der Waals surface area contributed by atoms with Crippen molar-refractivity contribution in [3.05, 3.63) is 29.8 Å². The molecule has 2 aliphatic rings. The van der Waals surface area contributed by atoms with E-state index in [1.165, 1.54) is 6.42 Å². The van der Waals surface area contributed by atoms with E-state index in [0.29, 0.717) is 5.92 Å². The Morgan fingerprint density at radius 1 is 1.21 bits per heavy atom. The molecular weight excluding hydrogens is 236 g/mol. The Morgan fingerprint density at radius 2 is 1.89 bits per heavy atom. The van der Waals surface area contributed by atoms with Gasteiger partial charge in [-0.2, -0.15) is 0 Å². The Kier molecular flexibility index (Phi) is 2.57. The molecule has 1 aromatic carbocycles. The minimum Gasteiger partial charge on any atom is -0.496 e. The van der Waals surface area contributed by atoms with Crippen LogP contribution in [-0.4, -0.2) is 12.2 Å². The SMILES string of the molecule is COc1ccccc1[C@]1(O)C(C)(C)[C@@H]2CC[C@@]1(C)C2. The van der Waals surface area contributed by atoms with Crippen molar-refractivity contribution >= 4 is 0 Å². The number of fused-ring (bicyclic) bond motifs is 2. The summed E-state index contributed by atoms with van der Waals surface area (Å²) < 4.78 is 5.51. The number of hydrogen-bond acceptors (Lipinski definition) is 2. The Bertz CT molecular complexity index is 501. The Morgan fingerprint density at radius 3 is 2.47 bits per heavy atom. The highest BCUT2D eigenvalue weighted by atomic mass is 16.5. The van der Waals surface area contributed by atoms with Gasteiger partial charge in [0.05, 0.1) is 7.11 Å². The lowest BCUT2D eigenvalue weighted by Gasteiger charge is -2.51. The van der Waals surface area contributed by atoms with Gasteiger partial charge in [-0.3, -0.25) is 0 Å². The second kappa shape index (κ2) is 3.76. The minimum absolute atomic E-state index is 0.0319. The van der Waals surface area contributed by atoms with Crippen molar-refractivity contribution in [2.24, 2.45) is 16.7 Å². The molecule has 2 aliphatic carbocycles. The van der Waals surface area contributed by atoms with Crippen LogP contribution in [0.5, 0.6) is 5.75 Å². The fourth-order valence-electron chi connectivity index (χ4n) is 4.87. The lowest BCUT2D eigenvalue weighted by molar-refractivity contribution is -0.151. The van der Waals surface area contributed by atoms with Crippen LogP contribution < -0.4 is 4.74 Å². The van der Waals surface area contributed by atoms with Crippen molar-refractivity contribution in [1.82, 2.24) is 0 Å². The predicted molar refractivity (Wildman–Crippen MR) is 76.1 cm³/mol. The van der Waals surface area contributed by atoms with E-state index in [0.717, 1.165) is 24.2 Å². The van der Waals surface area contributed by atoms with Crippen molar-refractivity contribution in [2.45, 2.75) is 45.6 Å². The molecule has 0 spiro atoms. The lowest BCUT2D eigenvalue weighted by Crippen LogP contribution is -2.51. The first-order valence-electron chi connectivity index (χ1n) is 7.23. The fraction of sp³-hybridized carbons (Fsp3) is 0.647. The second-order valence-electron chi connectivity index (χ2n) is 7.13. The molecule has 2 bridgehead atoms. The van der Waals surface area contributed by atoms with Crippen molar-refractivity contribution < 1.29 is 9.84 Å². The van der Waals surface area contributed by atoms with Crippen LogP contribution in [0.25, 0.3) is 0 Å². The van der Waals surface area contributed by atoms with Gasteiger partial charge in [-0.15, -0.1) is 0 Å². The summed E-state index contributed by atoms with van der Waals surface area (Å²) >= 11 is 0. The van der Waals surface area contributed by atoms with Gasteiger partial charge in [-0.25, -0.2) is 0 Å². The van der Waals surface area contributed by atoms with Crippen LogP contribution >= 0.6 is 0 Å². The van der Waals surface area contributed by atoms with Gasteiger partial charge < -0.3 is 9.84 Å². The molecule has 0 amide bonds. The van der Waals surface area contributed by atoms with Gasteiger partial charge in [0.15, 0.2) is 0 Å². The maximum Gasteiger partial charge on any atom is 0.124 e. The van der Waals surface area contributed by atoms with E-state index < -0.39 is 5.60 Å². The highest BCUT2D eigenvalue weighted by molar-refractivity contribution is 5.43. The van der Waals surface area contributed by atoms with E-state index in [2.05, 4.69) is 20.8 Å². The molecule has 3 atom stereocenters. The zero-order valence-electron chi connectivity index (χ0n) is 12.4. The summed E-state index contributed by atoms with van der Waals surface area (Å²) in [5.41, 5.74) is 0.0344. The number of rotatable bonds is 2. The van der Waals surface area contributed by atoms with Gasteiger partial charge >= 0.3 is 0 Å². The Hall–Kier alpha value is -1.02. The molecule has 2 heteroatoms. The summed E-state index contributed by atoms with van der Waals surface area (Å²) in [6, 6.07) is 7.96. The molecule has 0 heterocycles. The third kappa shape index (κ3) is 1.36. The number of ether oxygens (including phenoxy) is 1. The topological polar surface area (TPSA) is 29.5 Å². The zero-order valence-corrected chi connectivity index (χ0v) is 12.4. The van der Waals surface area contributed by atoms with Gasteiger partial charge in [0.1, 0.15) is 11.4 Å². The molecule has 0 saturated heterocycles. The molecule has 0 aromatic heterocycles. The minimum atomic E-state index is -0.796. The predicted octanol–water partition coefficient (Wildman–Crippen LogP) is 3.73. The molecule has 2 saturated carbocycles. The van der Waals surface area contributed by atoms with Gasteiger partial charge in [-0.05, 0) is 31.2 Å². The number of hydrogen-bond donors (Lipinski definition) is 1. The average molecular weight is 260 g/mol. The van der Waals surface area contributed by atoms with E-state index in [4.69, 9.17) is 4.74 Å². The monoisotopic (exact) mass is 260 g/mol. The Balaban J connectivity index is 2.22. The summed E-state index contributed by atoms with van der Waals surface area (Å²) in [7, 11) is 1.69. The van der Waals surface area contributed by atoms with Crippen LogP contribution in [0, 0.1) is 16.7 Å². The highest BCUT2D eigenvalue weighted by Crippen LogP contribution is 2.72. The first-order chi connectivity index (χ1) is 8.87. The summed E-state index contributed by atoms with van der Waals surface area (Å²) in [4.78, 5) is 0. The van der Waals surface area contributed by atoms with E-state index in [9.17, 15) is 5.11 Å². The molecule has 1 aromatic rings. The Labute approximate surface area is 115 Å². The number of benzene rings is 1. The fourth-order valence-corrected chi connectivity index (χ4v) is 4.87. The standard InChI is InChI=1S/C17H24O2/c1-15(2)12-9-10-16(3,11-12)17(15,18)13-7-5-6-8-14(13)19-4/h5-8,12,18H,9-11H2,1-4H3/t12-,16+,17+/m1/s1. The van der Waals surface area contributed by atoms with Gasteiger partial charge in [0.25, 0.3) is 0 Å². The first kappa shape index (κ1) is 13.0. The van der Waals surface area contributed by atoms with Crippen molar-refractivity contribution in [3.8, 4) is 5.75 Å². The summed E-state index contributed by atoms with van der Waals surface area (Å²) in [5, 5.41) is 11.7. The summed E-state index contributed by atoms with van der Waals surface area (Å²) in [6.45, 7) is 6.68. The molecule has 0 unspecified atom stereocenters. The molecule has 1 N–H and O–H groups in total. The number of methoxy groups -OCH3 is 1. The normalized spacial score (nSPS) is 39.5. The molecule has 2 nitrogen and oxygen atoms in total. The lowest BCUT2D eigenvalue weighted by atomic mass is 9.57. The molecule has 104 valence electrons. The zero-order chi connectivity index (χ0) is 13.9. The molecular formula is C17H24O2. The van der Waals surface area contributed by atoms with Gasteiger partial charge in [-0.1, -0.05) is 39.0 Å². The van der Waals surface area contributed by atoms with Crippen LogP contribution in [0.2, 0.25) is 0 Å². The van der Waals surface area contributed by atoms with E-state index >= 15 is 0 Å². The van der Waals surface area contributed by atoms with Gasteiger partial charge in [0.2, 0.25) is 0 Å². The smallest absolute Gasteiger partial charge is 0.124 e. The van der Waals surface area contributed by atoms with Gasteiger partial charge in [0, 0.05) is 16.4 Å². The van der Waals surface area contributed by atoms with E-state index in [-0.39, 0.29) is 10.8 Å². The summed E-state index contributed by atoms with van der Waals surface area (Å²) in [5.74, 6) is 1.42. The van der Waals surface area contributed by atoms with Crippen LogP contribution in [-0.2, 0) is 5.60 Å². The van der Waals surface area contributed by atoms with Crippen molar-refractivity contribution in [3.63, 3.8) is 0 Å². The maximum absolute atomic E-state index is 11.7. The molecule has 3 rings (SSSR count). The third-order valence-electron chi connectivity index (χ3n) is 6.06. The number of para-hydroxylation sites is 1. The average Bonchev–Trinajstić information content (AvgIpc) is 2.86.